The largest absolute Gasteiger partial charge is 0.336 e. The molecule has 1 saturated heterocycles. The summed E-state index contributed by atoms with van der Waals surface area (Å²) >= 11 is 1.66. The Bertz CT molecular complexity index is 380. The van der Waals surface area contributed by atoms with Crippen molar-refractivity contribution in [3.8, 4) is 0 Å². The van der Waals surface area contributed by atoms with Crippen LogP contribution in [0.1, 0.15) is 4.88 Å². The summed E-state index contributed by atoms with van der Waals surface area (Å²) in [5.41, 5.74) is 0. The standard InChI is InChI=1S/C13H21N3OS/c1-14-9-11-10-15(2)5-6-16(11)13(17)8-12-4-3-7-18-12/h3-4,7,11,14H,5-6,8-10H2,1-2H3. The van der Waals surface area contributed by atoms with Crippen molar-refractivity contribution in [1.82, 2.24) is 15.1 Å². The Balaban J connectivity index is 1.98. The number of likely N-dealkylation sites (N-methyl/N-ethyl adjacent to an activating group) is 2. The van der Waals surface area contributed by atoms with Crippen molar-refractivity contribution in [2.24, 2.45) is 0 Å². The molecular formula is C13H21N3OS. The van der Waals surface area contributed by atoms with Crippen LogP contribution < -0.4 is 5.32 Å². The summed E-state index contributed by atoms with van der Waals surface area (Å²) in [6.45, 7) is 3.63. The quantitative estimate of drug-likeness (QED) is 0.870. The van der Waals surface area contributed by atoms with Crippen molar-refractivity contribution in [3.63, 3.8) is 0 Å². The molecule has 100 valence electrons. The molecule has 1 aliphatic rings. The summed E-state index contributed by atoms with van der Waals surface area (Å²) in [6.07, 6.45) is 0.543. The van der Waals surface area contributed by atoms with E-state index in [0.717, 1.165) is 31.1 Å². The van der Waals surface area contributed by atoms with Crippen LogP contribution in [0.25, 0.3) is 0 Å². The van der Waals surface area contributed by atoms with E-state index in [9.17, 15) is 4.79 Å². The zero-order chi connectivity index (χ0) is 13.0. The minimum absolute atomic E-state index is 0.255. The van der Waals surface area contributed by atoms with E-state index < -0.39 is 0 Å². The van der Waals surface area contributed by atoms with E-state index in [2.05, 4.69) is 17.3 Å². The van der Waals surface area contributed by atoms with Crippen molar-refractivity contribution in [2.45, 2.75) is 12.5 Å². The lowest BCUT2D eigenvalue weighted by atomic mass is 10.1. The first-order valence-corrected chi connectivity index (χ1v) is 7.23. The van der Waals surface area contributed by atoms with Gasteiger partial charge in [0.1, 0.15) is 0 Å². The van der Waals surface area contributed by atoms with Crippen LogP contribution >= 0.6 is 11.3 Å². The van der Waals surface area contributed by atoms with Crippen molar-refractivity contribution >= 4 is 17.2 Å². The lowest BCUT2D eigenvalue weighted by Gasteiger charge is -2.40. The lowest BCUT2D eigenvalue weighted by Crippen LogP contribution is -2.57. The zero-order valence-electron chi connectivity index (χ0n) is 11.1. The summed E-state index contributed by atoms with van der Waals surface area (Å²) in [7, 11) is 4.06. The van der Waals surface area contributed by atoms with Gasteiger partial charge in [-0.05, 0) is 25.5 Å². The van der Waals surface area contributed by atoms with Gasteiger partial charge >= 0.3 is 0 Å². The SMILES string of the molecule is CNCC1CN(C)CCN1C(=O)Cc1cccs1. The van der Waals surface area contributed by atoms with Crippen molar-refractivity contribution in [3.05, 3.63) is 22.4 Å². The molecule has 0 saturated carbocycles. The number of carbonyl (C=O) groups is 1. The van der Waals surface area contributed by atoms with Gasteiger partial charge in [-0.15, -0.1) is 11.3 Å². The Morgan fingerprint density at radius 1 is 1.56 bits per heavy atom. The Morgan fingerprint density at radius 3 is 3.06 bits per heavy atom. The van der Waals surface area contributed by atoms with Gasteiger partial charge in [0.2, 0.25) is 5.91 Å². The highest BCUT2D eigenvalue weighted by Gasteiger charge is 2.28. The fourth-order valence-corrected chi connectivity index (χ4v) is 3.11. The average molecular weight is 267 g/mol. The monoisotopic (exact) mass is 267 g/mol. The zero-order valence-corrected chi connectivity index (χ0v) is 11.9. The molecule has 1 atom stereocenters. The Hall–Kier alpha value is -0.910. The molecule has 1 amide bonds. The fourth-order valence-electron chi connectivity index (χ4n) is 2.41. The highest BCUT2D eigenvalue weighted by Crippen LogP contribution is 2.14. The minimum Gasteiger partial charge on any atom is -0.336 e. The number of nitrogens with zero attached hydrogens (tertiary/aromatic N) is 2. The summed E-state index contributed by atoms with van der Waals surface area (Å²) < 4.78 is 0. The van der Waals surface area contributed by atoms with Gasteiger partial charge < -0.3 is 15.1 Å². The summed E-state index contributed by atoms with van der Waals surface area (Å²) in [6, 6.07) is 4.33. The molecule has 2 heterocycles. The number of amides is 1. The number of piperazine rings is 1. The lowest BCUT2D eigenvalue weighted by molar-refractivity contribution is -0.134. The Kier molecular flexibility index (Phi) is 4.74. The topological polar surface area (TPSA) is 35.6 Å². The Morgan fingerprint density at radius 2 is 2.39 bits per heavy atom. The molecule has 4 nitrogen and oxygen atoms in total. The van der Waals surface area contributed by atoms with Gasteiger partial charge in [0.25, 0.3) is 0 Å². The molecule has 1 fully saturated rings. The Labute approximate surface area is 113 Å². The third-order valence-electron chi connectivity index (χ3n) is 3.35. The van der Waals surface area contributed by atoms with Crippen LogP contribution in [-0.2, 0) is 11.2 Å². The van der Waals surface area contributed by atoms with Crippen molar-refractivity contribution < 1.29 is 4.79 Å². The maximum atomic E-state index is 12.3. The molecule has 1 aromatic heterocycles. The van der Waals surface area contributed by atoms with E-state index in [1.807, 2.05) is 29.5 Å². The van der Waals surface area contributed by atoms with Crippen LogP contribution in [0.2, 0.25) is 0 Å². The first-order chi connectivity index (χ1) is 8.70. The van der Waals surface area contributed by atoms with Gasteiger partial charge in [-0.3, -0.25) is 4.79 Å². The highest BCUT2D eigenvalue weighted by molar-refractivity contribution is 7.10. The molecule has 1 aromatic rings. The smallest absolute Gasteiger partial charge is 0.228 e. The van der Waals surface area contributed by atoms with E-state index >= 15 is 0 Å². The highest BCUT2D eigenvalue weighted by atomic mass is 32.1. The van der Waals surface area contributed by atoms with Crippen LogP contribution in [0, 0.1) is 0 Å². The molecule has 5 heteroatoms. The minimum atomic E-state index is 0.255. The third kappa shape index (κ3) is 3.31. The van der Waals surface area contributed by atoms with Crippen molar-refractivity contribution in [1.29, 1.82) is 0 Å². The second-order valence-electron chi connectivity index (χ2n) is 4.82. The molecule has 0 radical (unpaired) electrons. The summed E-state index contributed by atoms with van der Waals surface area (Å²) in [5.74, 6) is 0.255. The molecule has 1 aliphatic heterocycles. The first kappa shape index (κ1) is 13.5. The number of rotatable bonds is 4. The predicted octanol–water partition coefficient (Wildman–Crippen LogP) is 0.653. The fraction of sp³-hybridized carbons (Fsp3) is 0.615. The van der Waals surface area contributed by atoms with Crippen LogP contribution in [0.15, 0.2) is 17.5 Å². The van der Waals surface area contributed by atoms with E-state index in [1.54, 1.807) is 11.3 Å². The number of hydrogen-bond donors (Lipinski definition) is 1. The first-order valence-electron chi connectivity index (χ1n) is 6.35. The number of thiophene rings is 1. The molecule has 0 aromatic carbocycles. The third-order valence-corrected chi connectivity index (χ3v) is 4.23. The summed E-state index contributed by atoms with van der Waals surface area (Å²) in [4.78, 5) is 17.8. The normalized spacial score (nSPS) is 21.2. The van der Waals surface area contributed by atoms with Gasteiger partial charge in [0.05, 0.1) is 12.5 Å². The van der Waals surface area contributed by atoms with Gasteiger partial charge in [0.15, 0.2) is 0 Å². The maximum absolute atomic E-state index is 12.3. The van der Waals surface area contributed by atoms with Crippen LogP contribution in [0.4, 0.5) is 0 Å². The van der Waals surface area contributed by atoms with E-state index in [1.165, 1.54) is 0 Å². The molecule has 1 unspecified atom stereocenters. The summed E-state index contributed by atoms with van der Waals surface area (Å²) in [5, 5.41) is 5.21. The second-order valence-corrected chi connectivity index (χ2v) is 5.85. The molecule has 2 rings (SSSR count). The van der Waals surface area contributed by atoms with Crippen LogP contribution in [0.3, 0.4) is 0 Å². The van der Waals surface area contributed by atoms with Gasteiger partial charge in [0, 0.05) is 31.1 Å². The average Bonchev–Trinajstić information content (AvgIpc) is 2.82. The van der Waals surface area contributed by atoms with E-state index in [4.69, 9.17) is 0 Å². The van der Waals surface area contributed by atoms with Gasteiger partial charge in [-0.1, -0.05) is 6.07 Å². The molecule has 0 spiro atoms. The van der Waals surface area contributed by atoms with Crippen LogP contribution in [0.5, 0.6) is 0 Å². The maximum Gasteiger partial charge on any atom is 0.228 e. The van der Waals surface area contributed by atoms with Crippen LogP contribution in [-0.4, -0.2) is 62.0 Å². The second kappa shape index (κ2) is 6.31. The molecule has 1 N–H and O–H groups in total. The van der Waals surface area contributed by atoms with Gasteiger partial charge in [-0.25, -0.2) is 0 Å². The van der Waals surface area contributed by atoms with Gasteiger partial charge in [-0.2, -0.15) is 0 Å². The number of carbonyl (C=O) groups excluding carboxylic acids is 1. The molecule has 0 aliphatic carbocycles. The van der Waals surface area contributed by atoms with E-state index in [0.29, 0.717) is 12.5 Å². The van der Waals surface area contributed by atoms with Crippen molar-refractivity contribution in [2.75, 3.05) is 40.3 Å². The predicted molar refractivity (Wildman–Crippen MR) is 74.9 cm³/mol. The molecular weight excluding hydrogens is 246 g/mol. The number of nitrogens with one attached hydrogen (secondary N) is 1. The van der Waals surface area contributed by atoms with E-state index in [-0.39, 0.29) is 5.91 Å². The molecule has 18 heavy (non-hydrogen) atoms. The molecule has 0 bridgehead atoms. The number of hydrogen-bond acceptors (Lipinski definition) is 4.